The van der Waals surface area contributed by atoms with Crippen LogP contribution in [-0.2, 0) is 0 Å². The van der Waals surface area contributed by atoms with E-state index < -0.39 is 35.1 Å². The van der Waals surface area contributed by atoms with E-state index in [0.717, 1.165) is 0 Å². The zero-order valence-electron chi connectivity index (χ0n) is 7.17. The minimum atomic E-state index is -3.02. The van der Waals surface area contributed by atoms with E-state index in [1.165, 1.54) is 6.07 Å². The topological polar surface area (TPSA) is 79.8 Å². The summed E-state index contributed by atoms with van der Waals surface area (Å²) in [4.78, 5) is 13.5. The number of hydrogen-bond acceptors (Lipinski definition) is 3. The molecule has 2 N–H and O–H groups in total. The highest BCUT2D eigenvalue weighted by molar-refractivity contribution is 5.93. The molecule has 0 aliphatic rings. The maximum Gasteiger partial charge on any atom is 0.266 e. The van der Waals surface area contributed by atoms with Crippen LogP contribution >= 0.6 is 0 Å². The van der Waals surface area contributed by atoms with Crippen LogP contribution < -0.4 is 5.73 Å². The van der Waals surface area contributed by atoms with Crippen LogP contribution in [0.1, 0.15) is 28.0 Å². The summed E-state index contributed by atoms with van der Waals surface area (Å²) in [5.74, 6) is -2.55. The fourth-order valence-electron chi connectivity index (χ4n) is 0.935. The van der Waals surface area contributed by atoms with E-state index in [1.807, 2.05) is 0 Å². The Morgan fingerprint density at radius 2 is 2.20 bits per heavy atom. The van der Waals surface area contributed by atoms with Crippen molar-refractivity contribution >= 4 is 5.91 Å². The molecule has 7 heteroatoms. The highest BCUT2D eigenvalue weighted by Gasteiger charge is 2.20. The molecule has 0 saturated carbocycles. The third kappa shape index (κ3) is 2.04. The Bertz CT molecular complexity index is 453. The minimum Gasteiger partial charge on any atom is -0.365 e. The van der Waals surface area contributed by atoms with E-state index in [2.05, 4.69) is 4.98 Å². The lowest BCUT2D eigenvalue weighted by Crippen LogP contribution is -2.15. The van der Waals surface area contributed by atoms with Crippen molar-refractivity contribution in [2.75, 3.05) is 0 Å². The van der Waals surface area contributed by atoms with Crippen LogP contribution in [0, 0.1) is 17.3 Å². The Labute approximate surface area is 82.1 Å². The third-order valence-corrected chi connectivity index (χ3v) is 1.61. The monoisotopic (exact) mass is 215 g/mol. The fraction of sp³-hybridized carbons (Fsp3) is 0.125. The lowest BCUT2D eigenvalue weighted by Gasteiger charge is -2.04. The molecule has 0 radical (unpaired) electrons. The lowest BCUT2D eigenvalue weighted by atomic mass is 10.1. The maximum absolute atomic E-state index is 12.9. The molecule has 1 amide bonds. The van der Waals surface area contributed by atoms with Gasteiger partial charge in [0, 0.05) is 0 Å². The molecule has 0 aliphatic heterocycles. The average molecular weight is 215 g/mol. The van der Waals surface area contributed by atoms with Gasteiger partial charge in [-0.2, -0.15) is 9.65 Å². The van der Waals surface area contributed by atoms with Crippen molar-refractivity contribution in [1.82, 2.24) is 4.98 Å². The summed E-state index contributed by atoms with van der Waals surface area (Å²) in [6.45, 7) is 0. The number of pyridine rings is 1. The van der Waals surface area contributed by atoms with Gasteiger partial charge in [0.15, 0.2) is 5.69 Å². The van der Waals surface area contributed by atoms with E-state index in [0.29, 0.717) is 6.07 Å². The van der Waals surface area contributed by atoms with Crippen LogP contribution in [-0.4, -0.2) is 10.9 Å². The second kappa shape index (κ2) is 3.96. The van der Waals surface area contributed by atoms with E-state index in [-0.39, 0.29) is 0 Å². The maximum atomic E-state index is 12.9. The van der Waals surface area contributed by atoms with Gasteiger partial charge in [-0.3, -0.25) is 4.79 Å². The normalized spacial score (nSPS) is 10.1. The van der Waals surface area contributed by atoms with Gasteiger partial charge in [-0.1, -0.05) is 0 Å². The number of rotatable bonds is 2. The van der Waals surface area contributed by atoms with Gasteiger partial charge in [0.25, 0.3) is 12.3 Å². The Balaban J connectivity index is 3.45. The molecule has 0 aliphatic carbocycles. The van der Waals surface area contributed by atoms with Crippen molar-refractivity contribution in [3.8, 4) is 6.07 Å². The van der Waals surface area contributed by atoms with Gasteiger partial charge in [0.1, 0.15) is 6.07 Å². The van der Waals surface area contributed by atoms with Gasteiger partial charge in [-0.15, -0.1) is 0 Å². The summed E-state index contributed by atoms with van der Waals surface area (Å²) in [6.07, 6.45) is -3.02. The Kier molecular flexibility index (Phi) is 2.90. The standard InChI is InChI=1S/C8H4F3N3O/c9-6(10)3-1-4(8(13)15)7(11)14-5(3)2-12/h1,6H,(H2,13,15). The second-order valence-electron chi connectivity index (χ2n) is 2.54. The molecule has 0 atom stereocenters. The quantitative estimate of drug-likeness (QED) is 0.751. The average Bonchev–Trinajstić information content (AvgIpc) is 2.16. The lowest BCUT2D eigenvalue weighted by molar-refractivity contribution is 0.0994. The van der Waals surface area contributed by atoms with Crippen molar-refractivity contribution in [3.05, 3.63) is 28.8 Å². The fourth-order valence-corrected chi connectivity index (χ4v) is 0.935. The van der Waals surface area contributed by atoms with Gasteiger partial charge < -0.3 is 5.73 Å². The van der Waals surface area contributed by atoms with E-state index in [1.54, 1.807) is 0 Å². The van der Waals surface area contributed by atoms with E-state index >= 15 is 0 Å². The summed E-state index contributed by atoms with van der Waals surface area (Å²) in [5.41, 5.74) is 2.40. The predicted molar refractivity (Wildman–Crippen MR) is 42.4 cm³/mol. The number of hydrogen-bond donors (Lipinski definition) is 1. The number of alkyl halides is 2. The Hall–Kier alpha value is -2.10. The molecule has 0 unspecified atom stereocenters. The largest absolute Gasteiger partial charge is 0.365 e. The van der Waals surface area contributed by atoms with Crippen molar-refractivity contribution in [1.29, 1.82) is 5.26 Å². The predicted octanol–water partition coefficient (Wildman–Crippen LogP) is 1.13. The first-order chi connectivity index (χ1) is 6.97. The molecule has 1 aromatic rings. The smallest absolute Gasteiger partial charge is 0.266 e. The van der Waals surface area contributed by atoms with Gasteiger partial charge in [0.05, 0.1) is 11.1 Å². The van der Waals surface area contributed by atoms with Crippen molar-refractivity contribution in [3.63, 3.8) is 0 Å². The van der Waals surface area contributed by atoms with Crippen LogP contribution in [0.15, 0.2) is 6.07 Å². The van der Waals surface area contributed by atoms with Crippen molar-refractivity contribution in [2.24, 2.45) is 5.73 Å². The summed E-state index contributed by atoms with van der Waals surface area (Å²) in [5, 5.41) is 8.39. The third-order valence-electron chi connectivity index (χ3n) is 1.61. The first kappa shape index (κ1) is 11.0. The number of carbonyl (C=O) groups is 1. The van der Waals surface area contributed by atoms with Gasteiger partial charge in [0.2, 0.25) is 5.95 Å². The first-order valence-electron chi connectivity index (χ1n) is 3.66. The zero-order valence-corrected chi connectivity index (χ0v) is 7.17. The second-order valence-corrected chi connectivity index (χ2v) is 2.54. The number of primary amides is 1. The van der Waals surface area contributed by atoms with E-state index in [4.69, 9.17) is 11.0 Å². The van der Waals surface area contributed by atoms with Crippen LogP contribution in [0.5, 0.6) is 0 Å². The molecule has 0 aromatic carbocycles. The molecule has 1 heterocycles. The molecule has 0 spiro atoms. The number of nitriles is 1. The number of nitrogens with zero attached hydrogens (tertiary/aromatic N) is 2. The molecule has 0 saturated heterocycles. The molecule has 0 bridgehead atoms. The zero-order chi connectivity index (χ0) is 11.6. The number of carbonyl (C=O) groups excluding carboxylic acids is 1. The Morgan fingerprint density at radius 1 is 1.60 bits per heavy atom. The molecular weight excluding hydrogens is 211 g/mol. The highest BCUT2D eigenvalue weighted by Crippen LogP contribution is 2.23. The van der Waals surface area contributed by atoms with Crippen LogP contribution in [0.3, 0.4) is 0 Å². The first-order valence-corrected chi connectivity index (χ1v) is 3.66. The van der Waals surface area contributed by atoms with Crippen LogP contribution in [0.4, 0.5) is 13.2 Å². The molecular formula is C8H4F3N3O. The molecule has 4 nitrogen and oxygen atoms in total. The van der Waals surface area contributed by atoms with Crippen molar-refractivity contribution < 1.29 is 18.0 Å². The molecule has 1 rings (SSSR count). The molecule has 1 aromatic heterocycles. The number of aromatic nitrogens is 1. The van der Waals surface area contributed by atoms with Crippen LogP contribution in [0.25, 0.3) is 0 Å². The number of amides is 1. The SMILES string of the molecule is N#Cc1nc(F)c(C(N)=O)cc1C(F)F. The highest BCUT2D eigenvalue weighted by atomic mass is 19.3. The summed E-state index contributed by atoms with van der Waals surface area (Å²) < 4.78 is 37.6. The minimum absolute atomic E-state index is 0.536. The Morgan fingerprint density at radius 3 is 2.60 bits per heavy atom. The number of halogens is 3. The summed E-state index contributed by atoms with van der Waals surface area (Å²) >= 11 is 0. The molecule has 78 valence electrons. The van der Waals surface area contributed by atoms with Gasteiger partial charge >= 0.3 is 0 Å². The van der Waals surface area contributed by atoms with Crippen LogP contribution in [0.2, 0.25) is 0 Å². The van der Waals surface area contributed by atoms with Gasteiger partial charge in [-0.05, 0) is 6.07 Å². The molecule has 0 fully saturated rings. The van der Waals surface area contributed by atoms with Crippen molar-refractivity contribution in [2.45, 2.75) is 6.43 Å². The molecule has 15 heavy (non-hydrogen) atoms. The van der Waals surface area contributed by atoms with Gasteiger partial charge in [-0.25, -0.2) is 13.8 Å². The summed E-state index contributed by atoms with van der Waals surface area (Å²) in [6, 6.07) is 1.84. The summed E-state index contributed by atoms with van der Waals surface area (Å²) in [7, 11) is 0. The van der Waals surface area contributed by atoms with E-state index in [9.17, 15) is 18.0 Å². The number of nitrogens with two attached hydrogens (primary N) is 1.